The minimum atomic E-state index is -0.374. The van der Waals surface area contributed by atoms with Crippen LogP contribution in [-0.2, 0) is 5.75 Å². The third kappa shape index (κ3) is 4.84. The van der Waals surface area contributed by atoms with E-state index in [4.69, 9.17) is 10.5 Å². The highest BCUT2D eigenvalue weighted by Crippen LogP contribution is 2.26. The summed E-state index contributed by atoms with van der Waals surface area (Å²) in [4.78, 5) is 0. The van der Waals surface area contributed by atoms with Crippen molar-refractivity contribution in [1.29, 1.82) is 10.5 Å². The summed E-state index contributed by atoms with van der Waals surface area (Å²) >= 11 is 1.24. The first-order valence-electron chi connectivity index (χ1n) is 6.56. The van der Waals surface area contributed by atoms with Gasteiger partial charge in [0.15, 0.2) is 5.57 Å². The van der Waals surface area contributed by atoms with Gasteiger partial charge in [0.25, 0.3) is 0 Å². The van der Waals surface area contributed by atoms with E-state index in [1.54, 1.807) is 12.1 Å². The van der Waals surface area contributed by atoms with Crippen molar-refractivity contribution in [2.24, 2.45) is 0 Å². The predicted octanol–water partition coefficient (Wildman–Crippen LogP) is 4.57. The number of nitrogens with zero attached hydrogens (tertiary/aromatic N) is 2. The molecule has 3 nitrogen and oxygen atoms in total. The quantitative estimate of drug-likeness (QED) is 0.817. The molecule has 0 aliphatic heterocycles. The van der Waals surface area contributed by atoms with Crippen LogP contribution < -0.4 is 5.32 Å². The Morgan fingerprint density at radius 3 is 1.96 bits per heavy atom. The smallest absolute Gasteiger partial charge is 0.159 e. The van der Waals surface area contributed by atoms with Crippen molar-refractivity contribution < 1.29 is 8.78 Å². The standard InChI is InChI=1S/C17H11F2N3S/c18-14-3-1-12(2-4-14)11-23-17(13(9-20)10-21)22-16-7-5-15(19)6-8-16/h1-8,22H,11H2. The van der Waals surface area contributed by atoms with Gasteiger partial charge in [-0.25, -0.2) is 8.78 Å². The Bertz CT molecular complexity index is 769. The number of hydrogen-bond donors (Lipinski definition) is 1. The number of thioether (sulfide) groups is 1. The third-order valence-electron chi connectivity index (χ3n) is 2.85. The monoisotopic (exact) mass is 327 g/mol. The number of benzene rings is 2. The van der Waals surface area contributed by atoms with Crippen LogP contribution in [0.1, 0.15) is 5.56 Å². The third-order valence-corrected chi connectivity index (χ3v) is 3.92. The van der Waals surface area contributed by atoms with Gasteiger partial charge in [-0.05, 0) is 42.0 Å². The molecule has 0 fully saturated rings. The maximum Gasteiger partial charge on any atom is 0.159 e. The van der Waals surface area contributed by atoms with Crippen LogP contribution in [0.25, 0.3) is 0 Å². The lowest BCUT2D eigenvalue weighted by Gasteiger charge is -2.11. The summed E-state index contributed by atoms with van der Waals surface area (Å²) in [7, 11) is 0. The van der Waals surface area contributed by atoms with Crippen LogP contribution in [0.5, 0.6) is 0 Å². The molecule has 0 aliphatic carbocycles. The average molecular weight is 327 g/mol. The first-order valence-corrected chi connectivity index (χ1v) is 7.55. The summed E-state index contributed by atoms with van der Waals surface area (Å²) in [5.74, 6) is -0.244. The minimum absolute atomic E-state index is 0.0681. The molecule has 114 valence electrons. The van der Waals surface area contributed by atoms with Crippen LogP contribution in [0, 0.1) is 34.3 Å². The zero-order valence-electron chi connectivity index (χ0n) is 11.9. The molecule has 0 atom stereocenters. The Labute approximate surface area is 136 Å². The summed E-state index contributed by atoms with van der Waals surface area (Å²) in [5, 5.41) is 21.4. The topological polar surface area (TPSA) is 59.6 Å². The van der Waals surface area contributed by atoms with E-state index in [0.29, 0.717) is 16.5 Å². The second kappa shape index (κ2) is 7.98. The molecule has 1 N–H and O–H groups in total. The van der Waals surface area contributed by atoms with Crippen molar-refractivity contribution in [2.75, 3.05) is 5.32 Å². The van der Waals surface area contributed by atoms with Crippen LogP contribution in [0.4, 0.5) is 14.5 Å². The zero-order valence-corrected chi connectivity index (χ0v) is 12.7. The Balaban J connectivity index is 2.17. The van der Waals surface area contributed by atoms with E-state index >= 15 is 0 Å². The largest absolute Gasteiger partial charge is 0.349 e. The van der Waals surface area contributed by atoms with Crippen molar-refractivity contribution in [3.05, 3.63) is 76.3 Å². The van der Waals surface area contributed by atoms with Gasteiger partial charge in [-0.1, -0.05) is 12.1 Å². The number of nitrogens with one attached hydrogen (secondary N) is 1. The van der Waals surface area contributed by atoms with E-state index in [1.807, 2.05) is 12.1 Å². The van der Waals surface area contributed by atoms with E-state index in [2.05, 4.69) is 5.32 Å². The predicted molar refractivity (Wildman–Crippen MR) is 86.0 cm³/mol. The maximum atomic E-state index is 12.9. The normalized spacial score (nSPS) is 9.57. The molecule has 6 heteroatoms. The molecule has 0 heterocycles. The highest BCUT2D eigenvalue weighted by molar-refractivity contribution is 8.02. The maximum absolute atomic E-state index is 12.9. The minimum Gasteiger partial charge on any atom is -0.349 e. The summed E-state index contributed by atoms with van der Waals surface area (Å²) < 4.78 is 25.8. The molecule has 0 saturated carbocycles. The molecular formula is C17H11F2N3S. The van der Waals surface area contributed by atoms with E-state index in [1.165, 1.54) is 48.2 Å². The van der Waals surface area contributed by atoms with Gasteiger partial charge in [0, 0.05) is 11.4 Å². The molecule has 2 rings (SSSR count). The Morgan fingerprint density at radius 1 is 0.913 bits per heavy atom. The van der Waals surface area contributed by atoms with Gasteiger partial charge in [-0.15, -0.1) is 11.8 Å². The second-order valence-electron chi connectivity index (χ2n) is 4.47. The highest BCUT2D eigenvalue weighted by atomic mass is 32.2. The first kappa shape index (κ1) is 16.5. The van der Waals surface area contributed by atoms with Gasteiger partial charge in [0.05, 0.1) is 0 Å². The van der Waals surface area contributed by atoms with Crippen molar-refractivity contribution in [1.82, 2.24) is 0 Å². The number of hydrogen-bond acceptors (Lipinski definition) is 4. The molecular weight excluding hydrogens is 316 g/mol. The molecule has 0 aromatic heterocycles. The number of rotatable bonds is 5. The van der Waals surface area contributed by atoms with Gasteiger partial charge in [-0.3, -0.25) is 0 Å². The van der Waals surface area contributed by atoms with Crippen molar-refractivity contribution in [2.45, 2.75) is 5.75 Å². The summed E-state index contributed by atoms with van der Waals surface area (Å²) in [5.41, 5.74) is 1.35. The Morgan fingerprint density at radius 2 is 1.43 bits per heavy atom. The van der Waals surface area contributed by atoms with Crippen LogP contribution in [-0.4, -0.2) is 0 Å². The van der Waals surface area contributed by atoms with E-state index < -0.39 is 0 Å². The summed E-state index contributed by atoms with van der Waals surface area (Å²) in [6.07, 6.45) is 0. The molecule has 0 aliphatic rings. The van der Waals surface area contributed by atoms with Crippen LogP contribution in [0.15, 0.2) is 59.1 Å². The van der Waals surface area contributed by atoms with Crippen LogP contribution in [0.3, 0.4) is 0 Å². The fourth-order valence-electron chi connectivity index (χ4n) is 1.70. The van der Waals surface area contributed by atoms with Crippen molar-refractivity contribution >= 4 is 17.4 Å². The molecule has 0 spiro atoms. The fourth-order valence-corrected chi connectivity index (χ4v) is 2.63. The number of anilines is 1. The fraction of sp³-hybridized carbons (Fsp3) is 0.0588. The molecule has 0 saturated heterocycles. The first-order chi connectivity index (χ1) is 11.1. The van der Waals surface area contributed by atoms with Gasteiger partial charge in [0.1, 0.15) is 28.8 Å². The van der Waals surface area contributed by atoms with E-state index in [0.717, 1.165) is 5.56 Å². The van der Waals surface area contributed by atoms with Gasteiger partial charge in [0.2, 0.25) is 0 Å². The molecule has 0 bridgehead atoms. The zero-order chi connectivity index (χ0) is 16.7. The molecule has 2 aromatic rings. The Hall–Kier alpha value is -2.83. The van der Waals surface area contributed by atoms with Crippen molar-refractivity contribution in [3.63, 3.8) is 0 Å². The lowest BCUT2D eigenvalue weighted by molar-refractivity contribution is 0.627. The van der Waals surface area contributed by atoms with Gasteiger partial charge < -0.3 is 5.32 Å². The molecule has 0 amide bonds. The lowest BCUT2D eigenvalue weighted by Crippen LogP contribution is -2.00. The average Bonchev–Trinajstić information content (AvgIpc) is 2.57. The van der Waals surface area contributed by atoms with Crippen LogP contribution in [0.2, 0.25) is 0 Å². The number of allylic oxidation sites excluding steroid dienone is 1. The van der Waals surface area contributed by atoms with Gasteiger partial charge in [-0.2, -0.15) is 10.5 Å². The SMILES string of the molecule is N#CC(C#N)=C(Nc1ccc(F)cc1)SCc1ccc(F)cc1. The van der Waals surface area contributed by atoms with E-state index in [9.17, 15) is 8.78 Å². The number of halogens is 2. The lowest BCUT2D eigenvalue weighted by atomic mass is 10.2. The van der Waals surface area contributed by atoms with Gasteiger partial charge >= 0.3 is 0 Å². The highest BCUT2D eigenvalue weighted by Gasteiger charge is 2.09. The van der Waals surface area contributed by atoms with Crippen LogP contribution >= 0.6 is 11.8 Å². The molecule has 0 unspecified atom stereocenters. The molecule has 23 heavy (non-hydrogen) atoms. The summed E-state index contributed by atoms with van der Waals surface area (Å²) in [6.45, 7) is 0. The Kier molecular flexibility index (Phi) is 5.74. The number of nitriles is 2. The molecule has 2 aromatic carbocycles. The second-order valence-corrected chi connectivity index (χ2v) is 5.46. The summed E-state index contributed by atoms with van der Waals surface area (Å²) in [6, 6.07) is 15.2. The molecule has 0 radical (unpaired) electrons. The van der Waals surface area contributed by atoms with E-state index in [-0.39, 0.29) is 17.2 Å². The van der Waals surface area contributed by atoms with Crippen molar-refractivity contribution in [3.8, 4) is 12.1 Å².